The summed E-state index contributed by atoms with van der Waals surface area (Å²) in [6.45, 7) is 3.06. The van der Waals surface area contributed by atoms with Gasteiger partial charge in [-0.1, -0.05) is 19.3 Å². The maximum atomic E-state index is 9.80. The highest BCUT2D eigenvalue weighted by molar-refractivity contribution is 5.32. The molecule has 1 aliphatic carbocycles. The molecule has 124 valence electrons. The van der Waals surface area contributed by atoms with E-state index in [-0.39, 0.29) is 12.1 Å². The summed E-state index contributed by atoms with van der Waals surface area (Å²) in [5.41, 5.74) is 5.80. The van der Waals surface area contributed by atoms with E-state index < -0.39 is 0 Å². The summed E-state index contributed by atoms with van der Waals surface area (Å²) in [7, 11) is 3.76. The van der Waals surface area contributed by atoms with Gasteiger partial charge in [0, 0.05) is 26.7 Å². The molecule has 7 heteroatoms. The summed E-state index contributed by atoms with van der Waals surface area (Å²) in [4.78, 5) is 17.0. The smallest absolute Gasteiger partial charge is 0.229 e. The number of aliphatic hydroxyl groups excluding tert-OH is 1. The molecular weight excluding hydrogens is 280 g/mol. The van der Waals surface area contributed by atoms with Gasteiger partial charge in [0.25, 0.3) is 0 Å². The Kier molecular flexibility index (Phi) is 5.90. The summed E-state index contributed by atoms with van der Waals surface area (Å²) in [6, 6.07) is 0.490. The molecule has 1 fully saturated rings. The Morgan fingerprint density at radius 1 is 1.18 bits per heavy atom. The highest BCUT2D eigenvalue weighted by Crippen LogP contribution is 2.24. The molecule has 0 aliphatic heterocycles. The average Bonchev–Trinajstić information content (AvgIpc) is 2.46. The molecule has 22 heavy (non-hydrogen) atoms. The fraction of sp³-hybridized carbons (Fsp3) is 0.800. The topological polar surface area (TPSA) is 91.4 Å². The van der Waals surface area contributed by atoms with Crippen LogP contribution in [0.15, 0.2) is 0 Å². The number of nitrogen functional groups attached to an aromatic ring is 1. The lowest BCUT2D eigenvalue weighted by atomic mass is 9.94. The van der Waals surface area contributed by atoms with Crippen LogP contribution in [0.2, 0.25) is 0 Å². The lowest BCUT2D eigenvalue weighted by Crippen LogP contribution is -2.41. The van der Waals surface area contributed by atoms with Gasteiger partial charge in [0.15, 0.2) is 0 Å². The normalized spacial score (nSPS) is 17.7. The molecule has 0 bridgehead atoms. The number of hydrogen-bond donors (Lipinski definition) is 2. The zero-order valence-corrected chi connectivity index (χ0v) is 13.9. The molecule has 0 amide bonds. The Hall–Kier alpha value is -1.47. The maximum absolute atomic E-state index is 9.80. The number of anilines is 2. The minimum Gasteiger partial charge on any atom is -0.392 e. The van der Waals surface area contributed by atoms with E-state index in [9.17, 15) is 5.11 Å². The molecular formula is C15H28N6O. The van der Waals surface area contributed by atoms with Gasteiger partial charge in [0.2, 0.25) is 11.9 Å². The lowest BCUT2D eigenvalue weighted by molar-refractivity contribution is 0.0750. The van der Waals surface area contributed by atoms with Gasteiger partial charge in [0.05, 0.1) is 12.6 Å². The molecule has 1 aromatic rings. The van der Waals surface area contributed by atoms with Crippen LogP contribution in [0.25, 0.3) is 0 Å². The van der Waals surface area contributed by atoms with Crippen molar-refractivity contribution in [3.05, 3.63) is 5.82 Å². The van der Waals surface area contributed by atoms with E-state index in [4.69, 9.17) is 5.73 Å². The van der Waals surface area contributed by atoms with Gasteiger partial charge in [-0.2, -0.15) is 15.0 Å². The third-order valence-corrected chi connectivity index (χ3v) is 4.02. The van der Waals surface area contributed by atoms with Crippen LogP contribution in [0.4, 0.5) is 11.9 Å². The van der Waals surface area contributed by atoms with Crippen LogP contribution < -0.4 is 10.6 Å². The van der Waals surface area contributed by atoms with Crippen molar-refractivity contribution in [3.63, 3.8) is 0 Å². The second-order valence-corrected chi connectivity index (χ2v) is 6.37. The first-order valence-electron chi connectivity index (χ1n) is 8.05. The summed E-state index contributed by atoms with van der Waals surface area (Å²) in [5, 5.41) is 9.80. The Labute approximate surface area is 132 Å². The Bertz CT molecular complexity index is 473. The average molecular weight is 308 g/mol. The molecule has 0 spiro atoms. The molecule has 3 N–H and O–H groups in total. The standard InChI is InChI=1S/C15H28N6O/c1-11(22)9-21(12-7-5-4-6-8-12)10-13-17-14(16)19-15(18-13)20(2)3/h11-12,22H,4-10H2,1-3H3,(H2,16,17,18,19). The zero-order valence-electron chi connectivity index (χ0n) is 13.9. The molecule has 0 aromatic carbocycles. The van der Waals surface area contributed by atoms with Gasteiger partial charge < -0.3 is 15.7 Å². The van der Waals surface area contributed by atoms with Crippen molar-refractivity contribution < 1.29 is 5.11 Å². The van der Waals surface area contributed by atoms with Crippen LogP contribution in [-0.2, 0) is 6.54 Å². The number of aromatic nitrogens is 3. The van der Waals surface area contributed by atoms with Gasteiger partial charge in [0.1, 0.15) is 5.82 Å². The van der Waals surface area contributed by atoms with Gasteiger partial charge >= 0.3 is 0 Å². The second kappa shape index (κ2) is 7.69. The number of nitrogens with two attached hydrogens (primary N) is 1. The predicted molar refractivity (Wildman–Crippen MR) is 87.5 cm³/mol. The first-order valence-corrected chi connectivity index (χ1v) is 8.05. The zero-order chi connectivity index (χ0) is 16.1. The largest absolute Gasteiger partial charge is 0.392 e. The number of hydrogen-bond acceptors (Lipinski definition) is 7. The van der Waals surface area contributed by atoms with Crippen molar-refractivity contribution in [1.29, 1.82) is 0 Å². The summed E-state index contributed by atoms with van der Waals surface area (Å²) >= 11 is 0. The lowest BCUT2D eigenvalue weighted by Gasteiger charge is -2.34. The Balaban J connectivity index is 2.15. The molecule has 0 radical (unpaired) electrons. The van der Waals surface area contributed by atoms with Gasteiger partial charge in [-0.3, -0.25) is 4.90 Å². The van der Waals surface area contributed by atoms with Crippen molar-refractivity contribution in [2.24, 2.45) is 0 Å². The first kappa shape index (κ1) is 16.9. The molecule has 2 rings (SSSR count). The van der Waals surface area contributed by atoms with E-state index in [1.165, 1.54) is 32.1 Å². The summed E-state index contributed by atoms with van der Waals surface area (Å²) < 4.78 is 0. The summed E-state index contributed by atoms with van der Waals surface area (Å²) in [6.07, 6.45) is 5.80. The van der Waals surface area contributed by atoms with Crippen LogP contribution in [0.1, 0.15) is 44.9 Å². The van der Waals surface area contributed by atoms with E-state index in [1.54, 1.807) is 0 Å². The third kappa shape index (κ3) is 4.78. The Morgan fingerprint density at radius 3 is 2.45 bits per heavy atom. The van der Waals surface area contributed by atoms with Crippen LogP contribution in [-0.4, -0.2) is 57.7 Å². The van der Waals surface area contributed by atoms with E-state index in [0.717, 1.165) is 0 Å². The minimum absolute atomic E-state index is 0.245. The van der Waals surface area contributed by atoms with Crippen LogP contribution in [0, 0.1) is 0 Å². The minimum atomic E-state index is -0.366. The van der Waals surface area contributed by atoms with Crippen molar-refractivity contribution >= 4 is 11.9 Å². The first-order chi connectivity index (χ1) is 10.5. The third-order valence-electron chi connectivity index (χ3n) is 4.02. The van der Waals surface area contributed by atoms with Crippen molar-refractivity contribution in [3.8, 4) is 0 Å². The van der Waals surface area contributed by atoms with Gasteiger partial charge in [-0.05, 0) is 19.8 Å². The number of nitrogens with zero attached hydrogens (tertiary/aromatic N) is 5. The van der Waals surface area contributed by atoms with Crippen molar-refractivity contribution in [2.45, 2.75) is 57.7 Å². The molecule has 1 aromatic heterocycles. The van der Waals surface area contributed by atoms with Crippen molar-refractivity contribution in [2.75, 3.05) is 31.3 Å². The van der Waals surface area contributed by atoms with Crippen LogP contribution in [0.3, 0.4) is 0 Å². The number of aliphatic hydroxyl groups is 1. The quantitative estimate of drug-likeness (QED) is 0.811. The van der Waals surface area contributed by atoms with Gasteiger partial charge in [-0.15, -0.1) is 0 Å². The number of rotatable bonds is 6. The molecule has 1 atom stereocenters. The van der Waals surface area contributed by atoms with Crippen molar-refractivity contribution in [1.82, 2.24) is 19.9 Å². The van der Waals surface area contributed by atoms with E-state index in [2.05, 4.69) is 19.9 Å². The molecule has 7 nitrogen and oxygen atoms in total. The SMILES string of the molecule is CC(O)CN(Cc1nc(N)nc(N(C)C)n1)C1CCCCC1. The monoisotopic (exact) mass is 308 g/mol. The molecule has 1 aliphatic rings. The Morgan fingerprint density at radius 2 is 1.86 bits per heavy atom. The predicted octanol–water partition coefficient (Wildman–Crippen LogP) is 1.04. The van der Waals surface area contributed by atoms with E-state index in [0.29, 0.717) is 30.9 Å². The molecule has 0 saturated heterocycles. The van der Waals surface area contributed by atoms with Gasteiger partial charge in [-0.25, -0.2) is 0 Å². The van der Waals surface area contributed by atoms with Crippen LogP contribution >= 0.6 is 0 Å². The summed E-state index contributed by atoms with van der Waals surface area (Å²) in [5.74, 6) is 1.49. The highest BCUT2D eigenvalue weighted by atomic mass is 16.3. The van der Waals surface area contributed by atoms with E-state index >= 15 is 0 Å². The highest BCUT2D eigenvalue weighted by Gasteiger charge is 2.23. The van der Waals surface area contributed by atoms with E-state index in [1.807, 2.05) is 25.9 Å². The fourth-order valence-corrected chi connectivity index (χ4v) is 3.01. The molecule has 1 heterocycles. The second-order valence-electron chi connectivity index (χ2n) is 6.37. The fourth-order valence-electron chi connectivity index (χ4n) is 3.01. The molecule has 1 unspecified atom stereocenters. The molecule has 1 saturated carbocycles. The maximum Gasteiger partial charge on any atom is 0.229 e. The van der Waals surface area contributed by atoms with Crippen LogP contribution in [0.5, 0.6) is 0 Å².